The van der Waals surface area contributed by atoms with Gasteiger partial charge >= 0.3 is 0 Å². The molecule has 6 heteroatoms. The van der Waals surface area contributed by atoms with Gasteiger partial charge in [0.15, 0.2) is 0 Å². The molecule has 3 atom stereocenters. The fourth-order valence-electron chi connectivity index (χ4n) is 5.73. The first-order valence-corrected chi connectivity index (χ1v) is 10.4. The normalized spacial score (nSPS) is 31.2. The molecule has 1 N–H and O–H groups in total. The van der Waals surface area contributed by atoms with Gasteiger partial charge in [0.1, 0.15) is 5.75 Å². The van der Waals surface area contributed by atoms with Gasteiger partial charge in [-0.3, -0.25) is 14.4 Å². The number of hydrogen-bond donors (Lipinski definition) is 1. The molecule has 6 rings (SSSR count). The van der Waals surface area contributed by atoms with Crippen molar-refractivity contribution in [3.8, 4) is 5.75 Å². The Kier molecular flexibility index (Phi) is 4.38. The highest BCUT2D eigenvalue weighted by molar-refractivity contribution is 5.77. The van der Waals surface area contributed by atoms with Crippen molar-refractivity contribution in [1.82, 2.24) is 19.6 Å². The lowest BCUT2D eigenvalue weighted by Gasteiger charge is -2.51. The van der Waals surface area contributed by atoms with Crippen molar-refractivity contribution >= 4 is 5.91 Å². The number of carbonyl (C=O) groups is 1. The van der Waals surface area contributed by atoms with Crippen LogP contribution in [0.15, 0.2) is 36.5 Å². The van der Waals surface area contributed by atoms with E-state index in [1.165, 1.54) is 12.8 Å². The van der Waals surface area contributed by atoms with Crippen molar-refractivity contribution in [2.24, 2.45) is 5.92 Å². The van der Waals surface area contributed by atoms with Crippen molar-refractivity contribution < 1.29 is 9.90 Å². The number of phenols is 1. The highest BCUT2D eigenvalue weighted by atomic mass is 16.3. The van der Waals surface area contributed by atoms with E-state index in [0.29, 0.717) is 36.7 Å². The lowest BCUT2D eigenvalue weighted by molar-refractivity contribution is -0.136. The first-order valence-electron chi connectivity index (χ1n) is 10.4. The van der Waals surface area contributed by atoms with E-state index >= 15 is 0 Å². The number of hydrogen-bond acceptors (Lipinski definition) is 4. The maximum Gasteiger partial charge on any atom is 0.224 e. The summed E-state index contributed by atoms with van der Waals surface area (Å²) in [6.45, 7) is 5.68. The van der Waals surface area contributed by atoms with Gasteiger partial charge in [-0.2, -0.15) is 5.10 Å². The molecule has 0 aliphatic carbocycles. The maximum atomic E-state index is 13.2. The van der Waals surface area contributed by atoms with Gasteiger partial charge in [-0.1, -0.05) is 12.1 Å². The second-order valence-corrected chi connectivity index (χ2v) is 8.55. The van der Waals surface area contributed by atoms with Crippen molar-refractivity contribution in [3.05, 3.63) is 47.8 Å². The summed E-state index contributed by atoms with van der Waals surface area (Å²) < 4.78 is 1.91. The number of phenolic OH excluding ortho intramolecular Hbond substituents is 1. The molecule has 4 saturated heterocycles. The number of carbonyl (C=O) groups excluding carboxylic acids is 1. The third kappa shape index (κ3) is 2.91. The molecule has 0 unspecified atom stereocenters. The molecule has 0 radical (unpaired) electrons. The summed E-state index contributed by atoms with van der Waals surface area (Å²) in [5.74, 6) is 1.42. The molecule has 4 aliphatic heterocycles. The molecule has 4 fully saturated rings. The van der Waals surface area contributed by atoms with Crippen LogP contribution in [0.25, 0.3) is 0 Å². The van der Waals surface area contributed by atoms with Crippen LogP contribution >= 0.6 is 0 Å². The number of nitrogens with zero attached hydrogens (tertiary/aromatic N) is 4. The van der Waals surface area contributed by atoms with E-state index < -0.39 is 0 Å². The average molecular weight is 380 g/mol. The highest BCUT2D eigenvalue weighted by Gasteiger charge is 2.54. The maximum absolute atomic E-state index is 13.2. The third-order valence-corrected chi connectivity index (χ3v) is 7.08. The van der Waals surface area contributed by atoms with Gasteiger partial charge < -0.3 is 10.0 Å². The Bertz CT molecular complexity index is 871. The summed E-state index contributed by atoms with van der Waals surface area (Å²) in [7, 11) is 0. The largest absolute Gasteiger partial charge is 0.508 e. The lowest BCUT2D eigenvalue weighted by Crippen LogP contribution is -2.60. The Balaban J connectivity index is 1.40. The molecule has 1 aromatic heterocycles. The van der Waals surface area contributed by atoms with Gasteiger partial charge in [0.05, 0.1) is 6.04 Å². The molecule has 4 aliphatic rings. The minimum Gasteiger partial charge on any atom is -0.508 e. The first-order chi connectivity index (χ1) is 13.6. The number of aromatic nitrogens is 2. The van der Waals surface area contributed by atoms with Crippen LogP contribution in [0.2, 0.25) is 0 Å². The zero-order valence-electron chi connectivity index (χ0n) is 16.4. The number of fused-ring (bicyclic) bond motifs is 2. The summed E-state index contributed by atoms with van der Waals surface area (Å²) >= 11 is 0. The van der Waals surface area contributed by atoms with E-state index in [1.807, 2.05) is 29.8 Å². The molecule has 2 aromatic rings. The van der Waals surface area contributed by atoms with Crippen LogP contribution in [-0.4, -0.2) is 62.3 Å². The molecule has 5 heterocycles. The van der Waals surface area contributed by atoms with Gasteiger partial charge in [-0.25, -0.2) is 0 Å². The predicted molar refractivity (Wildman–Crippen MR) is 106 cm³/mol. The van der Waals surface area contributed by atoms with Crippen LogP contribution in [0.4, 0.5) is 0 Å². The van der Waals surface area contributed by atoms with E-state index in [2.05, 4.69) is 21.0 Å². The molecule has 6 nitrogen and oxygen atoms in total. The van der Waals surface area contributed by atoms with Crippen molar-refractivity contribution in [2.75, 3.05) is 19.6 Å². The van der Waals surface area contributed by atoms with E-state index in [4.69, 9.17) is 0 Å². The van der Waals surface area contributed by atoms with E-state index in [-0.39, 0.29) is 11.8 Å². The summed E-state index contributed by atoms with van der Waals surface area (Å²) in [6.07, 6.45) is 4.66. The van der Waals surface area contributed by atoms with Crippen LogP contribution in [0, 0.1) is 12.8 Å². The number of amides is 1. The Morgan fingerprint density at radius 2 is 2.04 bits per heavy atom. The Labute approximate surface area is 165 Å². The van der Waals surface area contributed by atoms with Crippen LogP contribution in [0.1, 0.15) is 36.4 Å². The van der Waals surface area contributed by atoms with Crippen LogP contribution in [0.5, 0.6) is 5.75 Å². The SMILES string of the molecule is Cc1ccnn1CCC(=O)N1C[C@H](c2cccc(O)c2)[C@H]2[C@@H]1C1CCN2CC1. The Hall–Kier alpha value is -2.34. The van der Waals surface area contributed by atoms with Gasteiger partial charge in [0.25, 0.3) is 0 Å². The summed E-state index contributed by atoms with van der Waals surface area (Å²) in [6, 6.07) is 10.3. The second-order valence-electron chi connectivity index (χ2n) is 8.55. The summed E-state index contributed by atoms with van der Waals surface area (Å²) in [4.78, 5) is 18.0. The number of piperidine rings is 3. The molecular weight excluding hydrogens is 352 g/mol. The lowest BCUT2D eigenvalue weighted by atomic mass is 9.75. The molecular formula is C22H28N4O2. The average Bonchev–Trinajstić information content (AvgIpc) is 3.32. The van der Waals surface area contributed by atoms with Gasteiger partial charge in [-0.15, -0.1) is 0 Å². The molecule has 1 amide bonds. The van der Waals surface area contributed by atoms with Crippen molar-refractivity contribution in [3.63, 3.8) is 0 Å². The Morgan fingerprint density at radius 1 is 1.21 bits per heavy atom. The van der Waals surface area contributed by atoms with E-state index in [1.54, 1.807) is 12.3 Å². The number of rotatable bonds is 4. The number of aryl methyl sites for hydroxylation is 2. The van der Waals surface area contributed by atoms with Crippen LogP contribution < -0.4 is 0 Å². The first kappa shape index (κ1) is 17.7. The molecule has 2 bridgehead atoms. The predicted octanol–water partition coefficient (Wildman–Crippen LogP) is 2.38. The molecule has 1 aromatic carbocycles. The third-order valence-electron chi connectivity index (χ3n) is 7.08. The number of aromatic hydroxyl groups is 1. The smallest absolute Gasteiger partial charge is 0.224 e. The highest BCUT2D eigenvalue weighted by Crippen LogP contribution is 2.47. The van der Waals surface area contributed by atoms with Crippen LogP contribution in [-0.2, 0) is 11.3 Å². The minimum absolute atomic E-state index is 0.237. The fourth-order valence-corrected chi connectivity index (χ4v) is 5.73. The fraction of sp³-hybridized carbons (Fsp3) is 0.545. The molecule has 0 spiro atoms. The van der Waals surface area contributed by atoms with E-state index in [9.17, 15) is 9.90 Å². The zero-order valence-corrected chi connectivity index (χ0v) is 16.4. The Morgan fingerprint density at radius 3 is 2.75 bits per heavy atom. The minimum atomic E-state index is 0.237. The van der Waals surface area contributed by atoms with Gasteiger partial charge in [0.2, 0.25) is 5.91 Å². The standard InChI is InChI=1S/C22H28N4O2/c1-15-5-9-23-26(15)12-8-20(28)25-14-19(17-3-2-4-18(27)13-17)22-21(25)16-6-10-24(22)11-7-16/h2-5,9,13,16,19,21-22,27H,6-8,10-12,14H2,1H3/t19-,21+,22+/m1/s1. The summed E-state index contributed by atoms with van der Waals surface area (Å²) in [5.41, 5.74) is 2.24. The van der Waals surface area contributed by atoms with Crippen LogP contribution in [0.3, 0.4) is 0 Å². The summed E-state index contributed by atoms with van der Waals surface area (Å²) in [5, 5.41) is 14.3. The molecule has 28 heavy (non-hydrogen) atoms. The topological polar surface area (TPSA) is 61.6 Å². The van der Waals surface area contributed by atoms with Crippen molar-refractivity contribution in [1.29, 1.82) is 0 Å². The monoisotopic (exact) mass is 380 g/mol. The number of benzene rings is 1. The van der Waals surface area contributed by atoms with E-state index in [0.717, 1.165) is 30.9 Å². The number of likely N-dealkylation sites (tertiary alicyclic amines) is 1. The quantitative estimate of drug-likeness (QED) is 0.885. The second kappa shape index (κ2) is 6.92. The van der Waals surface area contributed by atoms with Crippen molar-refractivity contribution in [2.45, 2.75) is 50.7 Å². The molecule has 148 valence electrons. The molecule has 0 saturated carbocycles. The zero-order chi connectivity index (χ0) is 19.3. The van der Waals surface area contributed by atoms with Gasteiger partial charge in [0, 0.05) is 43.4 Å². The van der Waals surface area contributed by atoms with Gasteiger partial charge in [-0.05, 0) is 62.5 Å².